The summed E-state index contributed by atoms with van der Waals surface area (Å²) in [5.74, 6) is 0.728. The van der Waals surface area contributed by atoms with Gasteiger partial charge < -0.3 is 15.4 Å². The van der Waals surface area contributed by atoms with Crippen LogP contribution in [0.25, 0.3) is 11.3 Å². The molecule has 2 heterocycles. The van der Waals surface area contributed by atoms with Crippen molar-refractivity contribution >= 4 is 11.9 Å². The van der Waals surface area contributed by atoms with E-state index in [1.165, 1.54) is 0 Å². The quantitative estimate of drug-likeness (QED) is 0.874. The number of anilines is 1. The number of carbonyl (C=O) groups excluding carboxylic acids is 1. The summed E-state index contributed by atoms with van der Waals surface area (Å²) in [6, 6.07) is 9.11. The molecule has 1 aliphatic heterocycles. The predicted octanol–water partition coefficient (Wildman–Crippen LogP) is 2.02. The predicted molar refractivity (Wildman–Crippen MR) is 88.5 cm³/mol. The third-order valence-corrected chi connectivity index (χ3v) is 3.69. The fourth-order valence-electron chi connectivity index (χ4n) is 2.43. The number of amides is 1. The molecule has 0 unspecified atom stereocenters. The van der Waals surface area contributed by atoms with Gasteiger partial charge in [-0.25, -0.2) is 9.97 Å². The van der Waals surface area contributed by atoms with Crippen LogP contribution in [0.5, 0.6) is 5.75 Å². The minimum atomic E-state index is -0.559. The summed E-state index contributed by atoms with van der Waals surface area (Å²) < 4.78 is 5.16. The Morgan fingerprint density at radius 3 is 2.61 bits per heavy atom. The Morgan fingerprint density at radius 1 is 1.22 bits per heavy atom. The van der Waals surface area contributed by atoms with Gasteiger partial charge in [0.2, 0.25) is 5.95 Å². The van der Waals surface area contributed by atoms with Gasteiger partial charge >= 0.3 is 0 Å². The monoisotopic (exact) mass is 310 g/mol. The third kappa shape index (κ3) is 3.31. The van der Waals surface area contributed by atoms with Crippen LogP contribution in [0.2, 0.25) is 0 Å². The SMILES string of the molecule is COc1ccc(-c2cc(C(N)=O)nc(N3CC=CCC3)n2)cc1. The van der Waals surface area contributed by atoms with Crippen molar-refractivity contribution in [3.63, 3.8) is 0 Å². The zero-order valence-electron chi connectivity index (χ0n) is 12.9. The summed E-state index contributed by atoms with van der Waals surface area (Å²) >= 11 is 0. The van der Waals surface area contributed by atoms with Crippen molar-refractivity contribution in [1.29, 1.82) is 0 Å². The van der Waals surface area contributed by atoms with Crippen molar-refractivity contribution in [3.05, 3.63) is 48.2 Å². The number of hydrogen-bond acceptors (Lipinski definition) is 5. The molecule has 6 heteroatoms. The molecule has 1 amide bonds. The number of benzene rings is 1. The summed E-state index contributed by atoms with van der Waals surface area (Å²) in [4.78, 5) is 22.5. The molecule has 0 saturated heterocycles. The van der Waals surface area contributed by atoms with Gasteiger partial charge in [-0.05, 0) is 36.8 Å². The molecule has 118 valence electrons. The van der Waals surface area contributed by atoms with Crippen molar-refractivity contribution < 1.29 is 9.53 Å². The number of ether oxygens (including phenoxy) is 1. The number of nitrogens with two attached hydrogens (primary N) is 1. The van der Waals surface area contributed by atoms with Crippen molar-refractivity contribution in [2.75, 3.05) is 25.1 Å². The lowest BCUT2D eigenvalue weighted by Gasteiger charge is -2.24. The summed E-state index contributed by atoms with van der Waals surface area (Å²) in [6.45, 7) is 1.55. The highest BCUT2D eigenvalue weighted by Crippen LogP contribution is 2.24. The van der Waals surface area contributed by atoms with Crippen LogP contribution in [0, 0.1) is 0 Å². The van der Waals surface area contributed by atoms with Crippen LogP contribution in [0.1, 0.15) is 16.9 Å². The van der Waals surface area contributed by atoms with E-state index in [1.54, 1.807) is 13.2 Å². The molecule has 1 aromatic carbocycles. The van der Waals surface area contributed by atoms with Gasteiger partial charge in [-0.3, -0.25) is 4.79 Å². The Morgan fingerprint density at radius 2 is 2.00 bits per heavy atom. The zero-order chi connectivity index (χ0) is 16.2. The normalized spacial score (nSPS) is 13.9. The Labute approximate surface area is 134 Å². The first-order chi connectivity index (χ1) is 11.2. The molecule has 0 bridgehead atoms. The maximum atomic E-state index is 11.6. The number of aromatic nitrogens is 2. The molecule has 0 saturated carbocycles. The van der Waals surface area contributed by atoms with E-state index >= 15 is 0 Å². The van der Waals surface area contributed by atoms with Gasteiger partial charge in [-0.2, -0.15) is 0 Å². The molecule has 2 aromatic rings. The van der Waals surface area contributed by atoms with E-state index in [4.69, 9.17) is 10.5 Å². The summed E-state index contributed by atoms with van der Waals surface area (Å²) in [7, 11) is 1.62. The molecule has 0 fully saturated rings. The Balaban J connectivity index is 2.02. The van der Waals surface area contributed by atoms with E-state index in [2.05, 4.69) is 22.1 Å². The average Bonchev–Trinajstić information content (AvgIpc) is 2.62. The number of carbonyl (C=O) groups is 1. The average molecular weight is 310 g/mol. The lowest BCUT2D eigenvalue weighted by Crippen LogP contribution is -2.29. The van der Waals surface area contributed by atoms with Crippen LogP contribution in [0.4, 0.5) is 5.95 Å². The minimum Gasteiger partial charge on any atom is -0.497 e. The smallest absolute Gasteiger partial charge is 0.267 e. The largest absolute Gasteiger partial charge is 0.497 e. The van der Waals surface area contributed by atoms with Gasteiger partial charge in [0.15, 0.2) is 0 Å². The van der Waals surface area contributed by atoms with Gasteiger partial charge in [-0.1, -0.05) is 12.2 Å². The van der Waals surface area contributed by atoms with Crippen molar-refractivity contribution in [1.82, 2.24) is 9.97 Å². The molecular weight excluding hydrogens is 292 g/mol. The van der Waals surface area contributed by atoms with E-state index < -0.39 is 5.91 Å². The Bertz CT molecular complexity index is 741. The minimum absolute atomic E-state index is 0.218. The maximum Gasteiger partial charge on any atom is 0.267 e. The lowest BCUT2D eigenvalue weighted by atomic mass is 10.1. The van der Waals surface area contributed by atoms with Crippen LogP contribution in [0.3, 0.4) is 0 Å². The molecule has 6 nitrogen and oxygen atoms in total. The second kappa shape index (κ2) is 6.48. The molecule has 1 aliphatic rings. The van der Waals surface area contributed by atoms with Crippen molar-refractivity contribution in [3.8, 4) is 17.0 Å². The number of rotatable bonds is 4. The summed E-state index contributed by atoms with van der Waals surface area (Å²) in [5, 5.41) is 0. The van der Waals surface area contributed by atoms with Crippen LogP contribution in [-0.4, -0.2) is 36.1 Å². The first kappa shape index (κ1) is 15.0. The number of methoxy groups -OCH3 is 1. The van der Waals surface area contributed by atoms with Gasteiger partial charge in [-0.15, -0.1) is 0 Å². The Hall–Kier alpha value is -2.89. The molecule has 3 rings (SSSR count). The fourth-order valence-corrected chi connectivity index (χ4v) is 2.43. The van der Waals surface area contributed by atoms with Crippen LogP contribution < -0.4 is 15.4 Å². The molecule has 0 aliphatic carbocycles. The number of hydrogen-bond donors (Lipinski definition) is 1. The second-order valence-corrected chi connectivity index (χ2v) is 5.24. The van der Waals surface area contributed by atoms with Crippen molar-refractivity contribution in [2.24, 2.45) is 5.73 Å². The number of nitrogens with zero attached hydrogens (tertiary/aromatic N) is 3. The van der Waals surface area contributed by atoms with E-state index in [1.807, 2.05) is 29.2 Å². The zero-order valence-corrected chi connectivity index (χ0v) is 12.9. The van der Waals surface area contributed by atoms with Gasteiger partial charge in [0, 0.05) is 18.7 Å². The maximum absolute atomic E-state index is 11.6. The summed E-state index contributed by atoms with van der Waals surface area (Å²) in [5.41, 5.74) is 7.19. The Kier molecular flexibility index (Phi) is 4.23. The van der Waals surface area contributed by atoms with Gasteiger partial charge in [0.05, 0.1) is 12.8 Å². The van der Waals surface area contributed by atoms with Gasteiger partial charge in [0.1, 0.15) is 11.4 Å². The standard InChI is InChI=1S/C17H18N4O2/c1-23-13-7-5-12(6-8-13)14-11-15(16(18)22)20-17(19-14)21-9-3-2-4-10-21/h2-3,5-8,11H,4,9-10H2,1H3,(H2,18,22). The first-order valence-electron chi connectivity index (χ1n) is 7.40. The van der Waals surface area contributed by atoms with E-state index in [9.17, 15) is 4.79 Å². The molecule has 0 spiro atoms. The molecule has 0 radical (unpaired) electrons. The molecular formula is C17H18N4O2. The molecule has 0 atom stereocenters. The van der Waals surface area contributed by atoms with E-state index in [0.717, 1.165) is 30.8 Å². The highest BCUT2D eigenvalue weighted by molar-refractivity contribution is 5.92. The topological polar surface area (TPSA) is 81.3 Å². The van der Waals surface area contributed by atoms with Crippen molar-refractivity contribution in [2.45, 2.75) is 6.42 Å². The lowest BCUT2D eigenvalue weighted by molar-refractivity contribution is 0.0995. The molecule has 23 heavy (non-hydrogen) atoms. The fraction of sp³-hybridized carbons (Fsp3) is 0.235. The highest BCUT2D eigenvalue weighted by Gasteiger charge is 2.16. The molecule has 1 aromatic heterocycles. The van der Waals surface area contributed by atoms with Gasteiger partial charge in [0.25, 0.3) is 5.91 Å². The van der Waals surface area contributed by atoms with Crippen LogP contribution >= 0.6 is 0 Å². The second-order valence-electron chi connectivity index (χ2n) is 5.24. The van der Waals surface area contributed by atoms with E-state index in [0.29, 0.717) is 11.6 Å². The third-order valence-electron chi connectivity index (χ3n) is 3.69. The first-order valence-corrected chi connectivity index (χ1v) is 7.40. The summed E-state index contributed by atoms with van der Waals surface area (Å²) in [6.07, 6.45) is 5.12. The number of primary amides is 1. The van der Waals surface area contributed by atoms with Crippen LogP contribution in [0.15, 0.2) is 42.5 Å². The van der Waals surface area contributed by atoms with Crippen LogP contribution in [-0.2, 0) is 0 Å². The molecule has 2 N–H and O–H groups in total. The highest BCUT2D eigenvalue weighted by atomic mass is 16.5. The van der Waals surface area contributed by atoms with E-state index in [-0.39, 0.29) is 5.69 Å².